The second-order valence-corrected chi connectivity index (χ2v) is 4.63. The van der Waals surface area contributed by atoms with Gasteiger partial charge < -0.3 is 4.42 Å². The molecule has 0 unspecified atom stereocenters. The molecule has 0 saturated heterocycles. The number of carbonyl (C=O) groups is 1. The zero-order chi connectivity index (χ0) is 13.4. The molecule has 0 spiro atoms. The van der Waals surface area contributed by atoms with Crippen molar-refractivity contribution in [2.75, 3.05) is 13.6 Å². The Labute approximate surface area is 108 Å². The van der Waals surface area contributed by atoms with Crippen LogP contribution in [0.2, 0.25) is 0 Å². The molecule has 3 N–H and O–H groups in total. The van der Waals surface area contributed by atoms with Gasteiger partial charge in [0.15, 0.2) is 0 Å². The van der Waals surface area contributed by atoms with E-state index in [1.54, 1.807) is 0 Å². The number of rotatable bonds is 8. The predicted molar refractivity (Wildman–Crippen MR) is 70.6 cm³/mol. The lowest BCUT2D eigenvalue weighted by molar-refractivity contribution is -0.121. The van der Waals surface area contributed by atoms with Crippen molar-refractivity contribution in [2.45, 2.75) is 39.2 Å². The highest BCUT2D eigenvalue weighted by molar-refractivity contribution is 5.74. The first-order chi connectivity index (χ1) is 8.61. The quantitative estimate of drug-likeness (QED) is 0.319. The molecule has 0 fully saturated rings. The summed E-state index contributed by atoms with van der Waals surface area (Å²) >= 11 is 0. The zero-order valence-electron chi connectivity index (χ0n) is 11.2. The molecular weight excluding hydrogens is 230 g/mol. The van der Waals surface area contributed by atoms with Crippen molar-refractivity contribution in [3.8, 4) is 0 Å². The lowest BCUT2D eigenvalue weighted by atomic mass is 10.2. The third-order valence-electron chi connectivity index (χ3n) is 2.83. The summed E-state index contributed by atoms with van der Waals surface area (Å²) in [4.78, 5) is 13.1. The van der Waals surface area contributed by atoms with Gasteiger partial charge in [0.1, 0.15) is 11.5 Å². The Morgan fingerprint density at radius 1 is 1.39 bits per heavy atom. The van der Waals surface area contributed by atoms with Crippen molar-refractivity contribution in [3.63, 3.8) is 0 Å². The number of nitrogens with one attached hydrogen (secondary N) is 1. The van der Waals surface area contributed by atoms with Gasteiger partial charge in [-0.05, 0) is 45.5 Å². The molecule has 1 heterocycles. The van der Waals surface area contributed by atoms with Crippen LogP contribution in [0.1, 0.15) is 37.2 Å². The molecule has 0 radical (unpaired) electrons. The third-order valence-corrected chi connectivity index (χ3v) is 2.83. The normalized spacial score (nSPS) is 10.9. The summed E-state index contributed by atoms with van der Waals surface area (Å²) in [6.45, 7) is 3.78. The Morgan fingerprint density at radius 2 is 2.17 bits per heavy atom. The van der Waals surface area contributed by atoms with Crippen molar-refractivity contribution in [1.82, 2.24) is 10.3 Å². The summed E-state index contributed by atoms with van der Waals surface area (Å²) in [5.41, 5.74) is 2.14. The SMILES string of the molecule is Cc1ccc(CN(C)CCCCCC(=O)NN)o1. The first-order valence-corrected chi connectivity index (χ1v) is 6.35. The van der Waals surface area contributed by atoms with Crippen LogP contribution in [0.3, 0.4) is 0 Å². The maximum atomic E-state index is 10.9. The highest BCUT2D eigenvalue weighted by atomic mass is 16.3. The van der Waals surface area contributed by atoms with Crippen LogP contribution in [-0.4, -0.2) is 24.4 Å². The number of hydrazine groups is 1. The van der Waals surface area contributed by atoms with Crippen LogP contribution >= 0.6 is 0 Å². The first-order valence-electron chi connectivity index (χ1n) is 6.35. The summed E-state index contributed by atoms with van der Waals surface area (Å²) in [5.74, 6) is 6.86. The summed E-state index contributed by atoms with van der Waals surface area (Å²) in [5, 5.41) is 0. The molecule has 1 aromatic rings. The van der Waals surface area contributed by atoms with Gasteiger partial charge in [-0.1, -0.05) is 6.42 Å². The molecule has 0 bridgehead atoms. The van der Waals surface area contributed by atoms with E-state index in [0.717, 1.165) is 43.9 Å². The molecule has 0 aliphatic rings. The number of amides is 1. The van der Waals surface area contributed by atoms with E-state index in [1.165, 1.54) is 0 Å². The number of hydrogen-bond acceptors (Lipinski definition) is 4. The van der Waals surface area contributed by atoms with E-state index >= 15 is 0 Å². The van der Waals surface area contributed by atoms with Gasteiger partial charge >= 0.3 is 0 Å². The van der Waals surface area contributed by atoms with Crippen LogP contribution in [0.15, 0.2) is 16.5 Å². The van der Waals surface area contributed by atoms with Gasteiger partial charge in [0.25, 0.3) is 0 Å². The monoisotopic (exact) mass is 253 g/mol. The Morgan fingerprint density at radius 3 is 2.78 bits per heavy atom. The average Bonchev–Trinajstić information content (AvgIpc) is 2.73. The molecular formula is C13H23N3O2. The van der Waals surface area contributed by atoms with Gasteiger partial charge in [-0.15, -0.1) is 0 Å². The molecule has 1 rings (SSSR count). The van der Waals surface area contributed by atoms with Gasteiger partial charge in [0.05, 0.1) is 6.54 Å². The molecule has 0 aliphatic carbocycles. The lowest BCUT2D eigenvalue weighted by Crippen LogP contribution is -2.29. The van der Waals surface area contributed by atoms with Crippen LogP contribution in [0, 0.1) is 6.92 Å². The number of nitrogens with zero attached hydrogens (tertiary/aromatic N) is 1. The van der Waals surface area contributed by atoms with Gasteiger partial charge in [-0.2, -0.15) is 0 Å². The standard InChI is InChI=1S/C13H23N3O2/c1-11-7-8-12(18-11)10-16(2)9-5-3-4-6-13(17)15-14/h7-8H,3-6,9-10,14H2,1-2H3,(H,15,17). The molecule has 1 aromatic heterocycles. The molecule has 0 atom stereocenters. The number of aryl methyl sites for hydroxylation is 1. The molecule has 0 aromatic carbocycles. The minimum absolute atomic E-state index is 0.0885. The summed E-state index contributed by atoms with van der Waals surface area (Å²) in [7, 11) is 2.07. The summed E-state index contributed by atoms with van der Waals surface area (Å²) < 4.78 is 5.52. The van der Waals surface area contributed by atoms with Gasteiger partial charge in [0.2, 0.25) is 5.91 Å². The molecule has 0 aliphatic heterocycles. The second kappa shape index (κ2) is 7.89. The zero-order valence-corrected chi connectivity index (χ0v) is 11.2. The van der Waals surface area contributed by atoms with Crippen molar-refractivity contribution < 1.29 is 9.21 Å². The average molecular weight is 253 g/mol. The summed E-state index contributed by atoms with van der Waals surface area (Å²) in [6, 6.07) is 3.99. The molecule has 102 valence electrons. The number of carbonyl (C=O) groups excluding carboxylic acids is 1. The highest BCUT2D eigenvalue weighted by Crippen LogP contribution is 2.09. The minimum Gasteiger partial charge on any atom is -0.465 e. The molecule has 5 nitrogen and oxygen atoms in total. The summed E-state index contributed by atoms with van der Waals surface area (Å²) in [6.07, 6.45) is 3.51. The van der Waals surface area contributed by atoms with E-state index in [2.05, 4.69) is 17.4 Å². The molecule has 5 heteroatoms. The Bertz CT molecular complexity index is 363. The van der Waals surface area contributed by atoms with E-state index in [1.807, 2.05) is 19.1 Å². The van der Waals surface area contributed by atoms with Crippen LogP contribution in [0.25, 0.3) is 0 Å². The lowest BCUT2D eigenvalue weighted by Gasteiger charge is -2.14. The second-order valence-electron chi connectivity index (χ2n) is 4.63. The van der Waals surface area contributed by atoms with E-state index < -0.39 is 0 Å². The minimum atomic E-state index is -0.0885. The van der Waals surface area contributed by atoms with Crippen molar-refractivity contribution >= 4 is 5.91 Å². The van der Waals surface area contributed by atoms with Gasteiger partial charge in [-0.25, -0.2) is 5.84 Å². The van der Waals surface area contributed by atoms with E-state index in [-0.39, 0.29) is 5.91 Å². The topological polar surface area (TPSA) is 71.5 Å². The van der Waals surface area contributed by atoms with Crippen molar-refractivity contribution in [2.24, 2.45) is 5.84 Å². The molecule has 0 saturated carbocycles. The van der Waals surface area contributed by atoms with Crippen LogP contribution < -0.4 is 11.3 Å². The van der Waals surface area contributed by atoms with Crippen molar-refractivity contribution in [3.05, 3.63) is 23.7 Å². The smallest absolute Gasteiger partial charge is 0.233 e. The van der Waals surface area contributed by atoms with Crippen molar-refractivity contribution in [1.29, 1.82) is 0 Å². The molecule has 1 amide bonds. The third kappa shape index (κ3) is 5.84. The fraction of sp³-hybridized carbons (Fsp3) is 0.615. The first kappa shape index (κ1) is 14.7. The Balaban J connectivity index is 2.07. The maximum Gasteiger partial charge on any atom is 0.233 e. The van der Waals surface area contributed by atoms with Gasteiger partial charge in [-0.3, -0.25) is 15.1 Å². The fourth-order valence-electron chi connectivity index (χ4n) is 1.83. The molecule has 18 heavy (non-hydrogen) atoms. The number of hydrogen-bond donors (Lipinski definition) is 2. The maximum absolute atomic E-state index is 10.9. The number of unbranched alkanes of at least 4 members (excludes halogenated alkanes) is 2. The Kier molecular flexibility index (Phi) is 6.46. The number of furan rings is 1. The predicted octanol–water partition coefficient (Wildman–Crippen LogP) is 1.57. The Hall–Kier alpha value is -1.33. The fourth-order valence-corrected chi connectivity index (χ4v) is 1.83. The van der Waals surface area contributed by atoms with E-state index in [0.29, 0.717) is 6.42 Å². The van der Waals surface area contributed by atoms with Crippen LogP contribution in [0.4, 0.5) is 0 Å². The van der Waals surface area contributed by atoms with E-state index in [9.17, 15) is 4.79 Å². The number of nitrogens with two attached hydrogens (primary N) is 1. The van der Waals surface area contributed by atoms with Gasteiger partial charge in [0, 0.05) is 6.42 Å². The van der Waals surface area contributed by atoms with E-state index in [4.69, 9.17) is 10.3 Å². The highest BCUT2D eigenvalue weighted by Gasteiger charge is 2.04. The largest absolute Gasteiger partial charge is 0.465 e. The van der Waals surface area contributed by atoms with Crippen LogP contribution in [-0.2, 0) is 11.3 Å². The van der Waals surface area contributed by atoms with Crippen LogP contribution in [0.5, 0.6) is 0 Å².